The van der Waals surface area contributed by atoms with Crippen LogP contribution in [0.25, 0.3) is 0 Å². The van der Waals surface area contributed by atoms with E-state index in [9.17, 15) is 9.59 Å². The van der Waals surface area contributed by atoms with Gasteiger partial charge >= 0.3 is 0 Å². The number of carbonyl (C=O) groups excluding carboxylic acids is 2. The van der Waals surface area contributed by atoms with E-state index in [4.69, 9.17) is 0 Å². The first-order valence-electron chi connectivity index (χ1n) is 2.90. The Bertz CT molecular complexity index is 112. The fraction of sp³-hybridized carbons (Fsp3) is 0.667. The Kier molecular flexibility index (Phi) is 3.67. The van der Waals surface area contributed by atoms with Crippen LogP contribution in [0, 0.1) is 0 Å². The second-order valence-corrected chi connectivity index (χ2v) is 1.78. The molecule has 0 aromatic heterocycles. The molecule has 0 saturated heterocycles. The maximum atomic E-state index is 10.7. The third-order valence-electron chi connectivity index (χ3n) is 1.16. The Labute approximate surface area is 54.6 Å². The first-order chi connectivity index (χ1) is 4.22. The van der Waals surface area contributed by atoms with Crippen molar-refractivity contribution < 1.29 is 9.59 Å². The zero-order chi connectivity index (χ0) is 7.28. The summed E-state index contributed by atoms with van der Waals surface area (Å²) in [7, 11) is 1.67. The molecule has 0 rings (SSSR count). The number of carbonyl (C=O) groups is 2. The van der Waals surface area contributed by atoms with Gasteiger partial charge in [0.2, 0.25) is 5.91 Å². The largest absolute Gasteiger partial charge is 0.346 e. The molecule has 0 fully saturated rings. The molecule has 0 N–H and O–H groups in total. The van der Waals surface area contributed by atoms with Crippen molar-refractivity contribution in [3.63, 3.8) is 0 Å². The number of hydrogen-bond donors (Lipinski definition) is 0. The molecule has 52 valence electrons. The van der Waals surface area contributed by atoms with Gasteiger partial charge in [-0.05, 0) is 6.92 Å². The van der Waals surface area contributed by atoms with E-state index in [1.54, 1.807) is 7.05 Å². The monoisotopic (exact) mass is 129 g/mol. The number of hydrogen-bond acceptors (Lipinski definition) is 2. The van der Waals surface area contributed by atoms with Crippen LogP contribution in [-0.2, 0) is 9.59 Å². The van der Waals surface area contributed by atoms with Gasteiger partial charge in [-0.1, -0.05) is 0 Å². The Morgan fingerprint density at radius 3 is 2.56 bits per heavy atom. The molecule has 9 heavy (non-hydrogen) atoms. The van der Waals surface area contributed by atoms with E-state index in [-0.39, 0.29) is 12.3 Å². The van der Waals surface area contributed by atoms with E-state index < -0.39 is 0 Å². The summed E-state index contributed by atoms with van der Waals surface area (Å²) in [6, 6.07) is 0. The zero-order valence-corrected chi connectivity index (χ0v) is 5.76. The molecule has 0 bridgehead atoms. The van der Waals surface area contributed by atoms with Crippen molar-refractivity contribution >= 4 is 12.2 Å². The molecule has 1 amide bonds. The highest BCUT2D eigenvalue weighted by Gasteiger charge is 2.02. The van der Waals surface area contributed by atoms with Crippen LogP contribution in [0.5, 0.6) is 0 Å². The van der Waals surface area contributed by atoms with E-state index in [0.29, 0.717) is 12.8 Å². The molecule has 0 aromatic carbocycles. The van der Waals surface area contributed by atoms with E-state index in [1.807, 2.05) is 6.92 Å². The molecule has 0 aliphatic rings. The molecule has 0 radical (unpaired) electrons. The quantitative estimate of drug-likeness (QED) is 0.399. The van der Waals surface area contributed by atoms with Crippen LogP contribution in [0.3, 0.4) is 0 Å². The fourth-order valence-corrected chi connectivity index (χ4v) is 0.403. The van der Waals surface area contributed by atoms with Crippen molar-refractivity contribution in [2.45, 2.75) is 13.3 Å². The van der Waals surface area contributed by atoms with Crippen LogP contribution in [-0.4, -0.2) is 30.7 Å². The molecule has 0 aliphatic carbocycles. The number of rotatable bonds is 3. The van der Waals surface area contributed by atoms with Crippen molar-refractivity contribution in [1.82, 2.24) is 4.90 Å². The summed E-state index contributed by atoms with van der Waals surface area (Å²) >= 11 is 0. The average molecular weight is 129 g/mol. The van der Waals surface area contributed by atoms with Crippen LogP contribution in [0.2, 0.25) is 0 Å². The van der Waals surface area contributed by atoms with Gasteiger partial charge in [-0.3, -0.25) is 4.79 Å². The van der Waals surface area contributed by atoms with E-state index in [2.05, 4.69) is 0 Å². The molecule has 0 aliphatic heterocycles. The summed E-state index contributed by atoms with van der Waals surface area (Å²) in [4.78, 5) is 22.0. The number of amides is 1. The highest BCUT2D eigenvalue weighted by Crippen LogP contribution is 1.85. The molecule has 0 heterocycles. The van der Waals surface area contributed by atoms with Gasteiger partial charge in [0, 0.05) is 13.6 Å². The van der Waals surface area contributed by atoms with E-state index in [1.165, 1.54) is 4.90 Å². The summed E-state index contributed by atoms with van der Waals surface area (Å²) in [6.07, 6.45) is 0.624. The van der Waals surface area contributed by atoms with Crippen molar-refractivity contribution in [3.05, 3.63) is 0 Å². The summed E-state index contributed by atoms with van der Waals surface area (Å²) in [5.74, 6) is -0.118. The Morgan fingerprint density at radius 2 is 2.22 bits per heavy atom. The molecule has 3 heteroatoms. The maximum absolute atomic E-state index is 10.7. The number of aldehydes is 1. The molecule has 0 aromatic rings. The Balaban J connectivity index is 3.58. The Hall–Kier alpha value is -0.860. The maximum Gasteiger partial charge on any atom is 0.229 e. The van der Waals surface area contributed by atoms with Crippen molar-refractivity contribution in [2.75, 3.05) is 13.6 Å². The fourth-order valence-electron chi connectivity index (χ4n) is 0.403. The standard InChI is InChI=1S/C6H11NO2/c1-3-7(2)6(9)4-5-8/h5H,3-4H2,1-2H3. The molecule has 0 atom stereocenters. The highest BCUT2D eigenvalue weighted by atomic mass is 16.2. The van der Waals surface area contributed by atoms with Gasteiger partial charge in [0.15, 0.2) is 0 Å². The SMILES string of the molecule is CCN(C)C(=O)CC=O. The van der Waals surface area contributed by atoms with Gasteiger partial charge in [0.05, 0.1) is 6.42 Å². The lowest BCUT2D eigenvalue weighted by atomic mass is 10.4. The van der Waals surface area contributed by atoms with Crippen molar-refractivity contribution in [2.24, 2.45) is 0 Å². The van der Waals surface area contributed by atoms with Crippen LogP contribution in [0.1, 0.15) is 13.3 Å². The molecule has 0 saturated carbocycles. The van der Waals surface area contributed by atoms with Crippen LogP contribution >= 0.6 is 0 Å². The van der Waals surface area contributed by atoms with Gasteiger partial charge in [0.1, 0.15) is 6.29 Å². The highest BCUT2D eigenvalue weighted by molar-refractivity contribution is 5.87. The third kappa shape index (κ3) is 2.85. The van der Waals surface area contributed by atoms with Gasteiger partial charge in [-0.15, -0.1) is 0 Å². The molecule has 0 unspecified atom stereocenters. The zero-order valence-electron chi connectivity index (χ0n) is 5.76. The van der Waals surface area contributed by atoms with E-state index >= 15 is 0 Å². The summed E-state index contributed by atoms with van der Waals surface area (Å²) in [5.41, 5.74) is 0. The van der Waals surface area contributed by atoms with Crippen LogP contribution in [0.15, 0.2) is 0 Å². The first-order valence-corrected chi connectivity index (χ1v) is 2.90. The van der Waals surface area contributed by atoms with Gasteiger partial charge in [-0.2, -0.15) is 0 Å². The minimum absolute atomic E-state index is 0.00431. The lowest BCUT2D eigenvalue weighted by Crippen LogP contribution is -2.25. The number of nitrogens with zero attached hydrogens (tertiary/aromatic N) is 1. The summed E-state index contributed by atoms with van der Waals surface area (Å²) < 4.78 is 0. The second kappa shape index (κ2) is 4.06. The topological polar surface area (TPSA) is 37.4 Å². The minimum Gasteiger partial charge on any atom is -0.346 e. The second-order valence-electron chi connectivity index (χ2n) is 1.78. The predicted octanol–water partition coefficient (Wildman–Crippen LogP) is 0.0537. The van der Waals surface area contributed by atoms with Gasteiger partial charge in [-0.25, -0.2) is 0 Å². The first kappa shape index (κ1) is 8.14. The summed E-state index contributed by atoms with van der Waals surface area (Å²) in [5, 5.41) is 0. The lowest BCUT2D eigenvalue weighted by Gasteiger charge is -2.11. The van der Waals surface area contributed by atoms with Crippen molar-refractivity contribution in [3.8, 4) is 0 Å². The molecule has 0 spiro atoms. The molecular weight excluding hydrogens is 118 g/mol. The normalized spacial score (nSPS) is 8.67. The third-order valence-corrected chi connectivity index (χ3v) is 1.16. The molecular formula is C6H11NO2. The van der Waals surface area contributed by atoms with Gasteiger partial charge < -0.3 is 9.69 Å². The lowest BCUT2D eigenvalue weighted by molar-refractivity contribution is -0.131. The van der Waals surface area contributed by atoms with Crippen LogP contribution < -0.4 is 0 Å². The van der Waals surface area contributed by atoms with Crippen LogP contribution in [0.4, 0.5) is 0 Å². The van der Waals surface area contributed by atoms with Gasteiger partial charge in [0.25, 0.3) is 0 Å². The molecule has 3 nitrogen and oxygen atoms in total. The summed E-state index contributed by atoms with van der Waals surface area (Å²) in [6.45, 7) is 2.52. The minimum atomic E-state index is -0.118. The Morgan fingerprint density at radius 1 is 1.67 bits per heavy atom. The predicted molar refractivity (Wildman–Crippen MR) is 34.0 cm³/mol. The van der Waals surface area contributed by atoms with E-state index in [0.717, 1.165) is 0 Å². The smallest absolute Gasteiger partial charge is 0.229 e. The van der Waals surface area contributed by atoms with Crippen molar-refractivity contribution in [1.29, 1.82) is 0 Å². The average Bonchev–Trinajstić information content (AvgIpc) is 1.87.